The smallest absolute Gasteiger partial charge is 0.264 e. The lowest BCUT2D eigenvalue weighted by Gasteiger charge is -2.32. The molecule has 0 spiro atoms. The van der Waals surface area contributed by atoms with Crippen molar-refractivity contribution in [2.24, 2.45) is 0 Å². The summed E-state index contributed by atoms with van der Waals surface area (Å²) >= 11 is 1.52. The summed E-state index contributed by atoms with van der Waals surface area (Å²) in [6.45, 7) is 3.43. The fourth-order valence-electron chi connectivity index (χ4n) is 2.94. The van der Waals surface area contributed by atoms with Crippen LogP contribution in [0.3, 0.4) is 0 Å². The van der Waals surface area contributed by atoms with E-state index in [0.29, 0.717) is 18.7 Å². The van der Waals surface area contributed by atoms with Crippen LogP contribution < -0.4 is 5.32 Å². The molecule has 0 unspecified atom stereocenters. The van der Waals surface area contributed by atoms with Crippen molar-refractivity contribution in [1.29, 1.82) is 0 Å². The van der Waals surface area contributed by atoms with Gasteiger partial charge < -0.3 is 10.2 Å². The number of amides is 2. The molecule has 1 saturated heterocycles. The average Bonchev–Trinajstić information content (AvgIpc) is 3.11. The molecule has 2 aromatic rings. The van der Waals surface area contributed by atoms with Gasteiger partial charge in [-0.3, -0.25) is 14.6 Å². The van der Waals surface area contributed by atoms with Crippen LogP contribution in [0.4, 0.5) is 0 Å². The number of hydrogen-bond donors (Lipinski definition) is 1. The average molecular weight is 343 g/mol. The Labute approximate surface area is 145 Å². The van der Waals surface area contributed by atoms with E-state index in [4.69, 9.17) is 0 Å². The van der Waals surface area contributed by atoms with Gasteiger partial charge in [-0.25, -0.2) is 0 Å². The first kappa shape index (κ1) is 16.6. The first-order valence-corrected chi connectivity index (χ1v) is 9.13. The van der Waals surface area contributed by atoms with E-state index in [1.807, 2.05) is 16.3 Å². The van der Waals surface area contributed by atoms with Crippen molar-refractivity contribution < 1.29 is 9.59 Å². The minimum Gasteiger partial charge on any atom is -0.349 e. The number of thiophene rings is 1. The number of nitrogens with one attached hydrogen (secondary N) is 1. The maximum absolute atomic E-state index is 12.6. The second-order valence-corrected chi connectivity index (χ2v) is 6.82. The van der Waals surface area contributed by atoms with Crippen molar-refractivity contribution in [1.82, 2.24) is 15.2 Å². The quantitative estimate of drug-likeness (QED) is 0.928. The van der Waals surface area contributed by atoms with Crippen molar-refractivity contribution in [2.45, 2.75) is 32.2 Å². The number of likely N-dealkylation sites (tertiary alicyclic amines) is 1. The van der Waals surface area contributed by atoms with Gasteiger partial charge in [0.1, 0.15) is 0 Å². The molecular formula is C18H21N3O2S. The van der Waals surface area contributed by atoms with Gasteiger partial charge in [-0.2, -0.15) is 0 Å². The van der Waals surface area contributed by atoms with E-state index in [-0.39, 0.29) is 17.9 Å². The first-order chi connectivity index (χ1) is 11.7. The molecule has 2 amide bonds. The lowest BCUT2D eigenvalue weighted by Crippen LogP contribution is -2.46. The Morgan fingerprint density at radius 3 is 2.62 bits per heavy atom. The molecule has 0 radical (unpaired) electrons. The molecule has 0 aromatic carbocycles. The van der Waals surface area contributed by atoms with Crippen molar-refractivity contribution in [3.8, 4) is 0 Å². The number of hydrogen-bond acceptors (Lipinski definition) is 4. The van der Waals surface area contributed by atoms with Crippen LogP contribution in [0.15, 0.2) is 36.0 Å². The SMILES string of the molecule is CCc1ccsc1C(=O)N1CCC(NC(=O)c2ccncc2)CC1. The zero-order chi connectivity index (χ0) is 16.9. The highest BCUT2D eigenvalue weighted by Gasteiger charge is 2.26. The van der Waals surface area contributed by atoms with Crippen molar-refractivity contribution in [3.05, 3.63) is 52.0 Å². The van der Waals surface area contributed by atoms with E-state index in [0.717, 1.165) is 29.7 Å². The third-order valence-electron chi connectivity index (χ3n) is 4.38. The van der Waals surface area contributed by atoms with Crippen LogP contribution in [0.1, 0.15) is 45.4 Å². The summed E-state index contributed by atoms with van der Waals surface area (Å²) in [5, 5.41) is 5.03. The molecule has 1 N–H and O–H groups in total. The fourth-order valence-corrected chi connectivity index (χ4v) is 3.91. The molecule has 6 heteroatoms. The van der Waals surface area contributed by atoms with Gasteiger partial charge in [0.05, 0.1) is 4.88 Å². The van der Waals surface area contributed by atoms with E-state index in [2.05, 4.69) is 17.2 Å². The predicted octanol–water partition coefficient (Wildman–Crippen LogP) is 2.74. The second-order valence-electron chi connectivity index (χ2n) is 5.90. The van der Waals surface area contributed by atoms with Crippen molar-refractivity contribution in [2.75, 3.05) is 13.1 Å². The molecule has 3 rings (SSSR count). The predicted molar refractivity (Wildman–Crippen MR) is 94.3 cm³/mol. The number of piperidine rings is 1. The highest BCUT2D eigenvalue weighted by Crippen LogP contribution is 2.22. The van der Waals surface area contributed by atoms with Gasteiger partial charge in [0, 0.05) is 37.1 Å². The van der Waals surface area contributed by atoms with Gasteiger partial charge in [-0.15, -0.1) is 11.3 Å². The number of rotatable bonds is 4. The van der Waals surface area contributed by atoms with E-state index in [9.17, 15) is 9.59 Å². The lowest BCUT2D eigenvalue weighted by molar-refractivity contribution is 0.0702. The first-order valence-electron chi connectivity index (χ1n) is 8.25. The normalized spacial score (nSPS) is 15.3. The van der Waals surface area contributed by atoms with Gasteiger partial charge in [0.15, 0.2) is 0 Å². The zero-order valence-corrected chi connectivity index (χ0v) is 14.5. The maximum atomic E-state index is 12.6. The van der Waals surface area contributed by atoms with Gasteiger partial charge in [-0.1, -0.05) is 6.92 Å². The van der Waals surface area contributed by atoms with Crippen LogP contribution in [0, 0.1) is 0 Å². The standard InChI is InChI=1S/C18H21N3O2S/c1-2-13-7-12-24-16(13)18(23)21-10-5-15(6-11-21)20-17(22)14-3-8-19-9-4-14/h3-4,7-9,12,15H,2,5-6,10-11H2,1H3,(H,20,22). The van der Waals surface area contributed by atoms with Crippen LogP contribution >= 0.6 is 11.3 Å². The topological polar surface area (TPSA) is 62.3 Å². The molecule has 3 heterocycles. The van der Waals surface area contributed by atoms with E-state index in [1.54, 1.807) is 24.5 Å². The summed E-state index contributed by atoms with van der Waals surface area (Å²) in [5.41, 5.74) is 1.74. The molecule has 0 saturated carbocycles. The molecule has 1 fully saturated rings. The summed E-state index contributed by atoms with van der Waals surface area (Å²) in [6, 6.07) is 5.55. The molecule has 1 aliphatic heterocycles. The summed E-state index contributed by atoms with van der Waals surface area (Å²) < 4.78 is 0. The highest BCUT2D eigenvalue weighted by atomic mass is 32.1. The van der Waals surface area contributed by atoms with E-state index < -0.39 is 0 Å². The summed E-state index contributed by atoms with van der Waals surface area (Å²) in [6.07, 6.45) is 5.68. The molecule has 126 valence electrons. The van der Waals surface area contributed by atoms with E-state index in [1.165, 1.54) is 11.3 Å². The molecule has 0 bridgehead atoms. The Bertz CT molecular complexity index is 706. The lowest BCUT2D eigenvalue weighted by atomic mass is 10.0. The number of carbonyl (C=O) groups excluding carboxylic acids is 2. The molecule has 24 heavy (non-hydrogen) atoms. The largest absolute Gasteiger partial charge is 0.349 e. The van der Waals surface area contributed by atoms with Crippen LogP contribution in [0.5, 0.6) is 0 Å². The summed E-state index contributed by atoms with van der Waals surface area (Å²) in [5.74, 6) is 0.0504. The monoisotopic (exact) mass is 343 g/mol. The second kappa shape index (κ2) is 7.57. The Morgan fingerprint density at radius 2 is 1.96 bits per heavy atom. The number of aryl methyl sites for hydroxylation is 1. The van der Waals surface area contributed by atoms with Gasteiger partial charge in [0.25, 0.3) is 11.8 Å². The van der Waals surface area contributed by atoms with Gasteiger partial charge >= 0.3 is 0 Å². The van der Waals surface area contributed by atoms with Crippen LogP contribution in [-0.2, 0) is 6.42 Å². The number of aromatic nitrogens is 1. The Balaban J connectivity index is 1.54. The van der Waals surface area contributed by atoms with Crippen molar-refractivity contribution in [3.63, 3.8) is 0 Å². The molecular weight excluding hydrogens is 322 g/mol. The summed E-state index contributed by atoms with van der Waals surface area (Å²) in [4.78, 5) is 31.5. The highest BCUT2D eigenvalue weighted by molar-refractivity contribution is 7.12. The minimum atomic E-state index is -0.0753. The Kier molecular flexibility index (Phi) is 5.25. The molecule has 0 atom stereocenters. The molecule has 2 aromatic heterocycles. The van der Waals surface area contributed by atoms with Gasteiger partial charge in [0.2, 0.25) is 0 Å². The van der Waals surface area contributed by atoms with Crippen LogP contribution in [0.2, 0.25) is 0 Å². The third-order valence-corrected chi connectivity index (χ3v) is 5.33. The maximum Gasteiger partial charge on any atom is 0.264 e. The molecule has 0 aliphatic carbocycles. The molecule has 1 aliphatic rings. The summed E-state index contributed by atoms with van der Waals surface area (Å²) in [7, 11) is 0. The minimum absolute atomic E-state index is 0.0753. The Morgan fingerprint density at radius 1 is 1.25 bits per heavy atom. The third kappa shape index (κ3) is 3.64. The van der Waals surface area contributed by atoms with Crippen molar-refractivity contribution >= 4 is 23.2 Å². The number of carbonyl (C=O) groups is 2. The van der Waals surface area contributed by atoms with Crippen LogP contribution in [0.25, 0.3) is 0 Å². The zero-order valence-electron chi connectivity index (χ0n) is 13.7. The molecule has 5 nitrogen and oxygen atoms in total. The number of pyridine rings is 1. The van der Waals surface area contributed by atoms with Crippen LogP contribution in [-0.4, -0.2) is 40.8 Å². The Hall–Kier alpha value is -2.21. The van der Waals surface area contributed by atoms with Gasteiger partial charge in [-0.05, 0) is 48.4 Å². The number of nitrogens with zero attached hydrogens (tertiary/aromatic N) is 2. The fraction of sp³-hybridized carbons (Fsp3) is 0.389. The van der Waals surface area contributed by atoms with E-state index >= 15 is 0 Å².